The molecule has 2 fully saturated rings. The van der Waals surface area contributed by atoms with Crippen LogP contribution in [0.5, 0.6) is 5.19 Å². The van der Waals surface area contributed by atoms with Crippen molar-refractivity contribution in [2.75, 3.05) is 51.4 Å². The number of carbonyl (C=O) groups is 1. The molecule has 0 aromatic carbocycles. The molecule has 2 aliphatic heterocycles. The third kappa shape index (κ3) is 3.56. The van der Waals surface area contributed by atoms with Crippen LogP contribution in [-0.4, -0.2) is 78.7 Å². The zero-order chi connectivity index (χ0) is 16.2. The van der Waals surface area contributed by atoms with E-state index in [1.165, 1.54) is 11.3 Å². The number of nitrogens with zero attached hydrogens (tertiary/aromatic N) is 5. The number of aromatic nitrogens is 2. The van der Waals surface area contributed by atoms with Crippen molar-refractivity contribution in [3.05, 3.63) is 0 Å². The van der Waals surface area contributed by atoms with Crippen molar-refractivity contribution < 1.29 is 14.3 Å². The molecule has 3 heterocycles. The molecule has 0 spiro atoms. The number of amides is 2. The van der Waals surface area contributed by atoms with Crippen molar-refractivity contribution in [3.63, 3.8) is 0 Å². The van der Waals surface area contributed by atoms with Gasteiger partial charge in [0.25, 0.3) is 5.19 Å². The molecule has 0 aliphatic carbocycles. The van der Waals surface area contributed by atoms with Crippen LogP contribution in [0.15, 0.2) is 0 Å². The van der Waals surface area contributed by atoms with Gasteiger partial charge in [-0.05, 0) is 17.8 Å². The molecule has 3 rings (SSSR count). The van der Waals surface area contributed by atoms with Crippen molar-refractivity contribution in [1.29, 1.82) is 0 Å². The van der Waals surface area contributed by atoms with Crippen molar-refractivity contribution in [2.45, 2.75) is 25.9 Å². The van der Waals surface area contributed by atoms with E-state index in [-0.39, 0.29) is 12.2 Å². The topological polar surface area (TPSA) is 71.0 Å². The quantitative estimate of drug-likeness (QED) is 0.725. The van der Waals surface area contributed by atoms with Gasteiger partial charge in [0.05, 0.1) is 26.4 Å². The van der Waals surface area contributed by atoms with Crippen LogP contribution < -0.4 is 9.64 Å². The first-order chi connectivity index (χ1) is 11.2. The number of carbonyl (C=O) groups excluding carboxylic acids is 1. The molecule has 9 heteroatoms. The maximum atomic E-state index is 12.5. The molecule has 23 heavy (non-hydrogen) atoms. The second-order valence-corrected chi connectivity index (χ2v) is 6.63. The Morgan fingerprint density at radius 1 is 1.35 bits per heavy atom. The predicted molar refractivity (Wildman–Crippen MR) is 87.0 cm³/mol. The van der Waals surface area contributed by atoms with Crippen LogP contribution in [0.2, 0.25) is 0 Å². The molecule has 8 nitrogen and oxygen atoms in total. The van der Waals surface area contributed by atoms with Gasteiger partial charge in [-0.25, -0.2) is 9.69 Å². The number of hydrogen-bond acceptors (Lipinski definition) is 7. The van der Waals surface area contributed by atoms with Crippen LogP contribution in [0.4, 0.5) is 9.93 Å². The van der Waals surface area contributed by atoms with Gasteiger partial charge < -0.3 is 14.4 Å². The van der Waals surface area contributed by atoms with Crippen LogP contribution in [0.25, 0.3) is 0 Å². The first-order valence-corrected chi connectivity index (χ1v) is 8.84. The van der Waals surface area contributed by atoms with Gasteiger partial charge in [-0.15, -0.1) is 5.10 Å². The summed E-state index contributed by atoms with van der Waals surface area (Å²) in [5.74, 6) is 0. The van der Waals surface area contributed by atoms with Gasteiger partial charge in [-0.2, -0.15) is 0 Å². The summed E-state index contributed by atoms with van der Waals surface area (Å²) in [4.78, 5) is 18.2. The Kier molecular flexibility index (Phi) is 5.29. The average Bonchev–Trinajstić information content (AvgIpc) is 3.14. The Hall–Kier alpha value is -1.45. The molecular formula is C14H23N5O3S. The van der Waals surface area contributed by atoms with Crippen molar-refractivity contribution >= 4 is 22.5 Å². The van der Waals surface area contributed by atoms with E-state index in [1.54, 1.807) is 9.80 Å². The second kappa shape index (κ2) is 7.41. The van der Waals surface area contributed by atoms with E-state index in [2.05, 4.69) is 22.0 Å². The highest BCUT2D eigenvalue weighted by Crippen LogP contribution is 2.32. The lowest BCUT2D eigenvalue weighted by Gasteiger charge is -2.34. The zero-order valence-corrected chi connectivity index (χ0v) is 14.4. The minimum absolute atomic E-state index is 0.0205. The molecule has 1 aromatic heterocycles. The van der Waals surface area contributed by atoms with E-state index in [0.717, 1.165) is 25.9 Å². The van der Waals surface area contributed by atoms with E-state index in [0.29, 0.717) is 36.7 Å². The number of rotatable bonds is 6. The SMILES string of the molecule is CCCCOc1nnc(N2C(=O)N(C)CC2N2CCOCC2)s1. The number of hydrogen-bond donors (Lipinski definition) is 0. The Morgan fingerprint density at radius 2 is 2.13 bits per heavy atom. The fourth-order valence-electron chi connectivity index (χ4n) is 2.74. The molecule has 0 bridgehead atoms. The monoisotopic (exact) mass is 341 g/mol. The van der Waals surface area contributed by atoms with E-state index in [4.69, 9.17) is 9.47 Å². The summed E-state index contributed by atoms with van der Waals surface area (Å²) in [5.41, 5.74) is 0. The number of urea groups is 1. The first kappa shape index (κ1) is 16.4. The van der Waals surface area contributed by atoms with E-state index in [1.807, 2.05) is 7.05 Å². The van der Waals surface area contributed by atoms with Crippen molar-refractivity contribution in [3.8, 4) is 5.19 Å². The lowest BCUT2D eigenvalue weighted by atomic mass is 10.3. The molecule has 0 saturated carbocycles. The minimum atomic E-state index is -0.0437. The number of morpholine rings is 1. The number of ether oxygens (including phenoxy) is 2. The highest BCUT2D eigenvalue weighted by atomic mass is 32.1. The van der Waals surface area contributed by atoms with Crippen molar-refractivity contribution in [1.82, 2.24) is 20.0 Å². The van der Waals surface area contributed by atoms with Gasteiger partial charge in [0.15, 0.2) is 0 Å². The average molecular weight is 341 g/mol. The molecule has 1 unspecified atom stereocenters. The van der Waals surface area contributed by atoms with E-state index >= 15 is 0 Å². The maximum Gasteiger partial charge on any atom is 0.327 e. The Bertz CT molecular complexity index is 534. The summed E-state index contributed by atoms with van der Waals surface area (Å²) < 4.78 is 11.0. The molecule has 0 N–H and O–H groups in total. The minimum Gasteiger partial charge on any atom is -0.469 e. The molecule has 2 amide bonds. The first-order valence-electron chi connectivity index (χ1n) is 8.03. The smallest absolute Gasteiger partial charge is 0.327 e. The molecule has 1 aromatic rings. The summed E-state index contributed by atoms with van der Waals surface area (Å²) in [6, 6.07) is -0.0437. The molecule has 0 radical (unpaired) electrons. The second-order valence-electron chi connectivity index (χ2n) is 5.71. The van der Waals surface area contributed by atoms with Crippen LogP contribution in [-0.2, 0) is 4.74 Å². The highest BCUT2D eigenvalue weighted by molar-refractivity contribution is 7.17. The van der Waals surface area contributed by atoms with Gasteiger partial charge >= 0.3 is 6.03 Å². The normalized spacial score (nSPS) is 22.9. The summed E-state index contributed by atoms with van der Waals surface area (Å²) in [7, 11) is 1.81. The van der Waals surface area contributed by atoms with Gasteiger partial charge in [-0.3, -0.25) is 4.90 Å². The van der Waals surface area contributed by atoms with Crippen LogP contribution >= 0.6 is 11.3 Å². The van der Waals surface area contributed by atoms with Gasteiger partial charge in [0, 0.05) is 20.1 Å². The lowest BCUT2D eigenvalue weighted by Crippen LogP contribution is -2.51. The number of unbranched alkanes of at least 4 members (excludes halogenated alkanes) is 1. The Balaban J connectivity index is 1.73. The summed E-state index contributed by atoms with van der Waals surface area (Å²) in [6.45, 7) is 6.44. The summed E-state index contributed by atoms with van der Waals surface area (Å²) in [6.07, 6.45) is 2.03. The molecule has 128 valence electrons. The van der Waals surface area contributed by atoms with Gasteiger partial charge in [0.2, 0.25) is 5.13 Å². The van der Waals surface area contributed by atoms with E-state index in [9.17, 15) is 4.79 Å². The summed E-state index contributed by atoms with van der Waals surface area (Å²) in [5, 5.41) is 9.36. The highest BCUT2D eigenvalue weighted by Gasteiger charge is 2.42. The standard InChI is InChI=1S/C14H23N5O3S/c1-3-4-7-22-13-16-15-12(23-13)19-11(10-17(2)14(19)20)18-5-8-21-9-6-18/h11H,3-10H2,1-2H3. The van der Waals surface area contributed by atoms with E-state index < -0.39 is 0 Å². The van der Waals surface area contributed by atoms with Crippen LogP contribution in [0.3, 0.4) is 0 Å². The van der Waals surface area contributed by atoms with Gasteiger partial charge in [0.1, 0.15) is 6.17 Å². The Labute approximate surface area is 140 Å². The third-order valence-electron chi connectivity index (χ3n) is 4.06. The maximum absolute atomic E-state index is 12.5. The molecule has 1 atom stereocenters. The summed E-state index contributed by atoms with van der Waals surface area (Å²) >= 11 is 1.33. The molecule has 2 saturated heterocycles. The third-order valence-corrected chi connectivity index (χ3v) is 4.90. The van der Waals surface area contributed by atoms with Crippen molar-refractivity contribution in [2.24, 2.45) is 0 Å². The Morgan fingerprint density at radius 3 is 2.87 bits per heavy atom. The van der Waals surface area contributed by atoms with Crippen LogP contribution in [0, 0.1) is 0 Å². The zero-order valence-electron chi connectivity index (χ0n) is 13.6. The molecule has 2 aliphatic rings. The predicted octanol–water partition coefficient (Wildman–Crippen LogP) is 1.25. The fraction of sp³-hybridized carbons (Fsp3) is 0.786. The van der Waals surface area contributed by atoms with Crippen LogP contribution in [0.1, 0.15) is 19.8 Å². The lowest BCUT2D eigenvalue weighted by molar-refractivity contribution is 0.0194. The molecular weight excluding hydrogens is 318 g/mol. The number of likely N-dealkylation sites (N-methyl/N-ethyl adjacent to an activating group) is 1. The largest absolute Gasteiger partial charge is 0.469 e. The number of anilines is 1. The van der Waals surface area contributed by atoms with Gasteiger partial charge in [-0.1, -0.05) is 18.4 Å². The fourth-order valence-corrected chi connectivity index (χ4v) is 3.50.